The number of hydrogen-bond acceptors (Lipinski definition) is 2. The van der Waals surface area contributed by atoms with Crippen LogP contribution in [0.4, 0.5) is 67.2 Å². The lowest BCUT2D eigenvalue weighted by Gasteiger charge is -2.36. The van der Waals surface area contributed by atoms with E-state index in [2.05, 4.69) is 4.98 Å². The molecule has 0 bridgehead atoms. The summed E-state index contributed by atoms with van der Waals surface area (Å²) in [6, 6.07) is -0.161. The van der Waals surface area contributed by atoms with Gasteiger partial charge in [-0.1, -0.05) is 11.6 Å². The van der Waals surface area contributed by atoms with Crippen LogP contribution in [0.3, 0.4) is 0 Å². The average Bonchev–Trinajstić information content (AvgIpc) is 2.51. The van der Waals surface area contributed by atoms with Gasteiger partial charge in [0.15, 0.2) is 0 Å². The molecule has 172 valence electrons. The van der Waals surface area contributed by atoms with Crippen LogP contribution in [0.5, 0.6) is 0 Å². The topological polar surface area (TPSA) is 42.0 Å². The number of amides is 1. The summed E-state index contributed by atoms with van der Waals surface area (Å²) in [6.07, 6.45) is -12.8. The van der Waals surface area contributed by atoms with E-state index in [1.54, 1.807) is 0 Å². The standard InChI is InChI=1S/C12H3ClF14N2O/c13-5-2-3(1-4(29-5)8(16,17)18)28-6(30)7(14,15)9(19,20)10(21,22)11(23,24)12(25,26)27/h1-2H,(H,28,29,30). The van der Waals surface area contributed by atoms with Gasteiger partial charge in [-0.3, -0.25) is 4.79 Å². The summed E-state index contributed by atoms with van der Waals surface area (Å²) in [5, 5.41) is -0.626. The zero-order valence-corrected chi connectivity index (χ0v) is 13.9. The first-order valence-corrected chi connectivity index (χ1v) is 7.02. The number of hydrogen-bond donors (Lipinski definition) is 1. The third kappa shape index (κ3) is 4.20. The molecule has 1 rings (SSSR count). The molecule has 1 heterocycles. The number of nitrogens with zero attached hydrogens (tertiary/aromatic N) is 1. The second-order valence-electron chi connectivity index (χ2n) is 5.31. The Labute approximate surface area is 160 Å². The maximum absolute atomic E-state index is 13.5. The third-order valence-electron chi connectivity index (χ3n) is 3.17. The number of carbonyl (C=O) groups excluding carboxylic acids is 1. The van der Waals surface area contributed by atoms with Crippen molar-refractivity contribution in [3.05, 3.63) is 23.0 Å². The van der Waals surface area contributed by atoms with Gasteiger partial charge < -0.3 is 5.32 Å². The Morgan fingerprint density at radius 2 is 1.23 bits per heavy atom. The number of alkyl halides is 14. The van der Waals surface area contributed by atoms with E-state index < -0.39 is 58.5 Å². The van der Waals surface area contributed by atoms with Crippen molar-refractivity contribution in [3.63, 3.8) is 0 Å². The van der Waals surface area contributed by atoms with E-state index in [0.29, 0.717) is 5.32 Å². The summed E-state index contributed by atoms with van der Waals surface area (Å²) in [4.78, 5) is 13.9. The van der Waals surface area contributed by atoms with E-state index in [-0.39, 0.29) is 12.1 Å². The fraction of sp³-hybridized carbons (Fsp3) is 0.500. The van der Waals surface area contributed by atoms with Crippen LogP contribution in [-0.2, 0) is 11.0 Å². The van der Waals surface area contributed by atoms with Crippen molar-refractivity contribution in [1.29, 1.82) is 0 Å². The lowest BCUT2D eigenvalue weighted by molar-refractivity contribution is -0.416. The molecule has 1 amide bonds. The predicted octanol–water partition coefficient (Wildman–Crippen LogP) is 5.80. The second kappa shape index (κ2) is 7.26. The monoisotopic (exact) mass is 492 g/mol. The van der Waals surface area contributed by atoms with Crippen molar-refractivity contribution < 1.29 is 66.3 Å². The SMILES string of the molecule is O=C(Nc1cc(Cl)nc(C(F)(F)F)c1)C(F)(F)C(F)(F)C(F)(F)C(F)(F)C(F)(F)F. The molecule has 0 aromatic carbocycles. The molecule has 1 aromatic heterocycles. The average molecular weight is 493 g/mol. The van der Waals surface area contributed by atoms with Crippen molar-refractivity contribution >= 4 is 23.2 Å². The summed E-state index contributed by atoms with van der Waals surface area (Å²) >= 11 is 5.08. The van der Waals surface area contributed by atoms with Gasteiger partial charge in [-0.05, 0) is 12.1 Å². The quantitative estimate of drug-likeness (QED) is 0.417. The minimum atomic E-state index is -7.86. The van der Waals surface area contributed by atoms with Crippen molar-refractivity contribution in [2.45, 2.75) is 36.0 Å². The number of pyridine rings is 1. The molecule has 0 aliphatic heterocycles. The molecule has 18 heteroatoms. The molecule has 1 aromatic rings. The third-order valence-corrected chi connectivity index (χ3v) is 3.36. The molecular weight excluding hydrogens is 490 g/mol. The highest BCUT2D eigenvalue weighted by atomic mass is 35.5. The Bertz CT molecular complexity index is 816. The number of nitrogens with one attached hydrogen (secondary N) is 1. The first-order valence-electron chi connectivity index (χ1n) is 6.64. The fourth-order valence-corrected chi connectivity index (χ4v) is 1.85. The van der Waals surface area contributed by atoms with Crippen molar-refractivity contribution in [2.24, 2.45) is 0 Å². The van der Waals surface area contributed by atoms with E-state index in [1.165, 1.54) is 0 Å². The molecule has 30 heavy (non-hydrogen) atoms. The number of rotatable bonds is 5. The molecule has 0 saturated carbocycles. The number of carbonyl (C=O) groups is 1. The fourth-order valence-electron chi connectivity index (χ4n) is 1.64. The molecule has 1 N–H and O–H groups in total. The van der Waals surface area contributed by atoms with E-state index in [1.807, 2.05) is 0 Å². The molecule has 0 aliphatic rings. The zero-order chi connectivity index (χ0) is 24.1. The normalized spacial score (nSPS) is 14.6. The van der Waals surface area contributed by atoms with Crippen molar-refractivity contribution in [3.8, 4) is 0 Å². The number of aromatic nitrogens is 1. The van der Waals surface area contributed by atoms with E-state index in [9.17, 15) is 66.3 Å². The molecule has 0 radical (unpaired) electrons. The van der Waals surface area contributed by atoms with Gasteiger partial charge in [-0.25, -0.2) is 4.98 Å². The smallest absolute Gasteiger partial charge is 0.320 e. The molecule has 0 aliphatic carbocycles. The van der Waals surface area contributed by atoms with Gasteiger partial charge in [0.2, 0.25) is 0 Å². The number of anilines is 1. The Morgan fingerprint density at radius 1 is 0.767 bits per heavy atom. The minimum absolute atomic E-state index is 0.130. The van der Waals surface area contributed by atoms with Crippen LogP contribution in [0, 0.1) is 0 Å². The minimum Gasteiger partial charge on any atom is -0.320 e. The Morgan fingerprint density at radius 3 is 1.63 bits per heavy atom. The molecule has 0 spiro atoms. The Hall–Kier alpha value is -2.07. The maximum Gasteiger partial charge on any atom is 0.460 e. The van der Waals surface area contributed by atoms with Crippen LogP contribution in [0.15, 0.2) is 12.1 Å². The van der Waals surface area contributed by atoms with Crippen LogP contribution in [0.1, 0.15) is 5.69 Å². The van der Waals surface area contributed by atoms with Crippen molar-refractivity contribution in [2.75, 3.05) is 5.32 Å². The lowest BCUT2D eigenvalue weighted by atomic mass is 9.97. The molecule has 3 nitrogen and oxygen atoms in total. The summed E-state index contributed by atoms with van der Waals surface area (Å²) in [7, 11) is 0. The maximum atomic E-state index is 13.5. The Kier molecular flexibility index (Phi) is 6.29. The molecule has 0 atom stereocenters. The summed E-state index contributed by atoms with van der Waals surface area (Å²) in [5.74, 6) is -33.9. The lowest BCUT2D eigenvalue weighted by Crippen LogP contribution is -2.68. The van der Waals surface area contributed by atoms with Gasteiger partial charge in [0.25, 0.3) is 0 Å². The highest BCUT2D eigenvalue weighted by Gasteiger charge is 2.88. The molecule has 0 unspecified atom stereocenters. The van der Waals surface area contributed by atoms with Gasteiger partial charge in [0.1, 0.15) is 10.8 Å². The van der Waals surface area contributed by atoms with Crippen LogP contribution in [-0.4, -0.2) is 40.8 Å². The van der Waals surface area contributed by atoms with Crippen LogP contribution in [0.25, 0.3) is 0 Å². The first kappa shape index (κ1) is 26.0. The predicted molar refractivity (Wildman–Crippen MR) is 68.7 cm³/mol. The van der Waals surface area contributed by atoms with Gasteiger partial charge in [0.05, 0.1) is 0 Å². The molecular formula is C12H3ClF14N2O. The van der Waals surface area contributed by atoms with Gasteiger partial charge in [0, 0.05) is 5.69 Å². The first-order chi connectivity index (χ1) is 13.0. The van der Waals surface area contributed by atoms with E-state index >= 15 is 0 Å². The Balaban J connectivity index is 3.37. The van der Waals surface area contributed by atoms with Crippen LogP contribution >= 0.6 is 11.6 Å². The van der Waals surface area contributed by atoms with Crippen molar-refractivity contribution in [1.82, 2.24) is 4.98 Å². The van der Waals surface area contributed by atoms with Gasteiger partial charge in [-0.15, -0.1) is 0 Å². The summed E-state index contributed by atoms with van der Waals surface area (Å²) < 4.78 is 179. The highest BCUT2D eigenvalue weighted by molar-refractivity contribution is 6.29. The summed E-state index contributed by atoms with van der Waals surface area (Å²) in [5.41, 5.74) is -3.48. The highest BCUT2D eigenvalue weighted by Crippen LogP contribution is 2.57. The van der Waals surface area contributed by atoms with Gasteiger partial charge in [-0.2, -0.15) is 61.5 Å². The molecule has 0 fully saturated rings. The van der Waals surface area contributed by atoms with Crippen LogP contribution in [0.2, 0.25) is 5.15 Å². The number of halogens is 15. The molecule has 0 saturated heterocycles. The van der Waals surface area contributed by atoms with E-state index in [4.69, 9.17) is 11.6 Å². The van der Waals surface area contributed by atoms with Gasteiger partial charge >= 0.3 is 41.9 Å². The van der Waals surface area contributed by atoms with E-state index in [0.717, 1.165) is 0 Å². The van der Waals surface area contributed by atoms with Crippen LogP contribution < -0.4 is 5.32 Å². The second-order valence-corrected chi connectivity index (χ2v) is 5.70. The summed E-state index contributed by atoms with van der Waals surface area (Å²) in [6.45, 7) is 0. The largest absolute Gasteiger partial charge is 0.460 e. The zero-order valence-electron chi connectivity index (χ0n) is 13.2.